The van der Waals surface area contributed by atoms with E-state index in [1.54, 1.807) is 16.9 Å². The maximum atomic E-state index is 5.97. The molecule has 0 aliphatic heterocycles. The van der Waals surface area contributed by atoms with Crippen molar-refractivity contribution in [2.24, 2.45) is 0 Å². The van der Waals surface area contributed by atoms with E-state index in [4.69, 9.17) is 23.2 Å². The van der Waals surface area contributed by atoms with Gasteiger partial charge >= 0.3 is 0 Å². The molecule has 0 aliphatic carbocycles. The number of rotatable bonds is 5. The summed E-state index contributed by atoms with van der Waals surface area (Å²) in [5, 5.41) is 14.5. The number of nitrogens with one attached hydrogen (secondary N) is 1. The highest BCUT2D eigenvalue weighted by Gasteiger charge is 2.27. The van der Waals surface area contributed by atoms with Crippen molar-refractivity contribution >= 4 is 34.7 Å². The van der Waals surface area contributed by atoms with Gasteiger partial charge in [0.1, 0.15) is 0 Å². The molecule has 0 spiro atoms. The topological polar surface area (TPSA) is 68.0 Å². The first-order chi connectivity index (χ1) is 8.24. The molecule has 0 saturated carbocycles. The van der Waals surface area contributed by atoms with Gasteiger partial charge in [-0.05, 0) is 16.8 Å². The van der Waals surface area contributed by atoms with Gasteiger partial charge < -0.3 is 5.32 Å². The Balaban J connectivity index is 2.37. The van der Waals surface area contributed by atoms with Crippen molar-refractivity contribution in [3.63, 3.8) is 0 Å². The molecule has 0 atom stereocenters. The highest BCUT2D eigenvalue weighted by atomic mass is 35.5. The van der Waals surface area contributed by atoms with Crippen LogP contribution in [0, 0.1) is 0 Å². The number of anilines is 1. The van der Waals surface area contributed by atoms with Crippen LogP contribution in [0.4, 0.5) is 5.82 Å². The number of alkyl halides is 2. The lowest BCUT2D eigenvalue weighted by molar-refractivity contribution is 0.554. The quantitative estimate of drug-likeness (QED) is 0.839. The van der Waals surface area contributed by atoms with E-state index in [-0.39, 0.29) is 5.54 Å². The Labute approximate surface area is 108 Å². The highest BCUT2D eigenvalue weighted by Crippen LogP contribution is 2.21. The van der Waals surface area contributed by atoms with Gasteiger partial charge in [-0.25, -0.2) is 0 Å². The van der Waals surface area contributed by atoms with Crippen LogP contribution in [0.15, 0.2) is 12.4 Å². The van der Waals surface area contributed by atoms with Gasteiger partial charge in [0.25, 0.3) is 0 Å². The van der Waals surface area contributed by atoms with Gasteiger partial charge in [-0.1, -0.05) is 6.92 Å². The van der Waals surface area contributed by atoms with E-state index in [9.17, 15) is 0 Å². The van der Waals surface area contributed by atoms with Crippen LogP contribution >= 0.6 is 23.2 Å². The van der Waals surface area contributed by atoms with Crippen LogP contribution in [0.2, 0.25) is 0 Å². The summed E-state index contributed by atoms with van der Waals surface area (Å²) in [5.41, 5.74) is 0.189. The fourth-order valence-corrected chi connectivity index (χ4v) is 2.21. The molecule has 0 saturated heterocycles. The van der Waals surface area contributed by atoms with Gasteiger partial charge in [0, 0.05) is 11.8 Å². The average molecular weight is 275 g/mol. The molecular weight excluding hydrogens is 263 g/mol. The van der Waals surface area contributed by atoms with E-state index in [2.05, 4.69) is 25.8 Å². The van der Waals surface area contributed by atoms with Crippen molar-refractivity contribution in [1.82, 2.24) is 25.0 Å². The van der Waals surface area contributed by atoms with E-state index in [1.807, 2.05) is 6.92 Å². The Kier molecular flexibility index (Phi) is 3.63. The minimum Gasteiger partial charge on any atom is -0.361 e. The monoisotopic (exact) mass is 274 g/mol. The minimum absolute atomic E-state index is 0.384. The van der Waals surface area contributed by atoms with E-state index in [0.29, 0.717) is 23.2 Å². The first-order valence-electron chi connectivity index (χ1n) is 5.17. The summed E-state index contributed by atoms with van der Waals surface area (Å²) in [5.74, 6) is 1.47. The Hall–Kier alpha value is -1.14. The second kappa shape index (κ2) is 5.01. The smallest absolute Gasteiger partial charge is 0.199 e. The fourth-order valence-electron chi connectivity index (χ4n) is 1.41. The predicted molar refractivity (Wildman–Crippen MR) is 66.7 cm³/mol. The van der Waals surface area contributed by atoms with E-state index < -0.39 is 0 Å². The van der Waals surface area contributed by atoms with Gasteiger partial charge in [0.15, 0.2) is 11.5 Å². The van der Waals surface area contributed by atoms with Crippen LogP contribution in [0.1, 0.15) is 13.3 Å². The zero-order valence-corrected chi connectivity index (χ0v) is 10.8. The van der Waals surface area contributed by atoms with Gasteiger partial charge in [0.2, 0.25) is 0 Å². The van der Waals surface area contributed by atoms with Crippen LogP contribution in [0.25, 0.3) is 5.65 Å². The molecular formula is C9H12Cl2N6. The molecule has 2 heterocycles. The van der Waals surface area contributed by atoms with Crippen molar-refractivity contribution in [2.75, 3.05) is 17.1 Å². The third kappa shape index (κ3) is 2.28. The molecule has 0 bridgehead atoms. The molecule has 0 unspecified atom stereocenters. The van der Waals surface area contributed by atoms with Gasteiger partial charge in [0.05, 0.1) is 17.9 Å². The number of nitrogens with zero attached hydrogens (tertiary/aromatic N) is 5. The second-order valence-electron chi connectivity index (χ2n) is 3.77. The van der Waals surface area contributed by atoms with Crippen LogP contribution in [-0.2, 0) is 0 Å². The van der Waals surface area contributed by atoms with Gasteiger partial charge in [-0.15, -0.1) is 28.3 Å². The summed E-state index contributed by atoms with van der Waals surface area (Å²) in [4.78, 5) is 4.06. The first-order valence-corrected chi connectivity index (χ1v) is 6.24. The lowest BCUT2D eigenvalue weighted by Crippen LogP contribution is -2.42. The third-order valence-corrected chi connectivity index (χ3v) is 3.71. The van der Waals surface area contributed by atoms with E-state index in [1.165, 1.54) is 0 Å². The van der Waals surface area contributed by atoms with Crippen LogP contribution in [-0.4, -0.2) is 42.3 Å². The molecule has 1 N–H and O–H groups in total. The molecule has 0 radical (unpaired) electrons. The lowest BCUT2D eigenvalue weighted by atomic mass is 10.0. The molecule has 2 rings (SSSR count). The second-order valence-corrected chi connectivity index (χ2v) is 4.30. The largest absolute Gasteiger partial charge is 0.361 e. The normalized spacial score (nSPS) is 11.9. The van der Waals surface area contributed by atoms with E-state index >= 15 is 0 Å². The number of hydrogen-bond donors (Lipinski definition) is 1. The summed E-state index contributed by atoms with van der Waals surface area (Å²) in [7, 11) is 0. The zero-order valence-electron chi connectivity index (χ0n) is 9.27. The van der Waals surface area contributed by atoms with E-state index in [0.717, 1.165) is 6.42 Å². The maximum Gasteiger partial charge on any atom is 0.199 e. The first kappa shape index (κ1) is 12.3. The number of hydrogen-bond acceptors (Lipinski definition) is 5. The van der Waals surface area contributed by atoms with Gasteiger partial charge in [-0.3, -0.25) is 4.98 Å². The molecule has 0 aromatic carbocycles. The van der Waals surface area contributed by atoms with Crippen molar-refractivity contribution in [3.05, 3.63) is 12.4 Å². The van der Waals surface area contributed by atoms with Gasteiger partial charge in [-0.2, -0.15) is 4.52 Å². The lowest BCUT2D eigenvalue weighted by Gasteiger charge is -2.30. The molecule has 0 amide bonds. The molecule has 2 aromatic heterocycles. The predicted octanol–water partition coefficient (Wildman–Crippen LogP) is 1.56. The standard InChI is InChI=1S/C9H12Cl2N6/c1-2-9(5-10,6-11)13-7-3-12-4-8-14-15-16-17(7)8/h3-4,13H,2,5-6H2,1H3. The van der Waals surface area contributed by atoms with Crippen LogP contribution in [0.5, 0.6) is 0 Å². The molecule has 17 heavy (non-hydrogen) atoms. The summed E-state index contributed by atoms with van der Waals surface area (Å²) < 4.78 is 1.57. The van der Waals surface area contributed by atoms with Crippen molar-refractivity contribution < 1.29 is 0 Å². The molecule has 2 aromatic rings. The number of aromatic nitrogens is 5. The SMILES string of the molecule is CCC(CCl)(CCl)Nc1cncc2nnnn12. The fraction of sp³-hybridized carbons (Fsp3) is 0.556. The molecule has 8 heteroatoms. The number of tetrazole rings is 1. The Bertz CT molecular complexity index is 487. The molecule has 0 aliphatic rings. The molecule has 92 valence electrons. The van der Waals surface area contributed by atoms with Crippen LogP contribution in [0.3, 0.4) is 0 Å². The Morgan fingerprint density at radius 3 is 2.76 bits per heavy atom. The minimum atomic E-state index is -0.384. The summed E-state index contributed by atoms with van der Waals surface area (Å²) in [6, 6.07) is 0. The van der Waals surface area contributed by atoms with Crippen molar-refractivity contribution in [3.8, 4) is 0 Å². The molecule has 6 nitrogen and oxygen atoms in total. The Morgan fingerprint density at radius 2 is 2.12 bits per heavy atom. The van der Waals surface area contributed by atoms with Crippen LogP contribution < -0.4 is 5.32 Å². The van der Waals surface area contributed by atoms with Crippen molar-refractivity contribution in [1.29, 1.82) is 0 Å². The zero-order chi connectivity index (χ0) is 12.3. The third-order valence-electron chi connectivity index (χ3n) is 2.69. The molecule has 0 fully saturated rings. The maximum absolute atomic E-state index is 5.97. The number of halogens is 2. The summed E-state index contributed by atoms with van der Waals surface area (Å²) in [6.07, 6.45) is 4.02. The van der Waals surface area contributed by atoms with Crippen molar-refractivity contribution in [2.45, 2.75) is 18.9 Å². The number of fused-ring (bicyclic) bond motifs is 1. The summed E-state index contributed by atoms with van der Waals surface area (Å²) in [6.45, 7) is 2.02. The highest BCUT2D eigenvalue weighted by molar-refractivity contribution is 6.22. The summed E-state index contributed by atoms with van der Waals surface area (Å²) >= 11 is 11.9. The Morgan fingerprint density at radius 1 is 1.35 bits per heavy atom. The average Bonchev–Trinajstić information content (AvgIpc) is 2.85.